The molecule has 1 amide bonds. The monoisotopic (exact) mass is 492 g/mol. The highest BCUT2D eigenvalue weighted by Crippen LogP contribution is 2.33. The molecule has 0 spiro atoms. The smallest absolute Gasteiger partial charge is 0.416 e. The summed E-state index contributed by atoms with van der Waals surface area (Å²) in [5, 5.41) is 2.46. The van der Waals surface area contributed by atoms with Crippen LogP contribution in [0.2, 0.25) is 0 Å². The molecule has 0 aliphatic heterocycles. The predicted molar refractivity (Wildman–Crippen MR) is 113 cm³/mol. The number of rotatable bonds is 8. The third-order valence-corrected chi connectivity index (χ3v) is 4.84. The molecular weight excluding hydrogens is 471 g/mol. The minimum atomic E-state index is -4.56. The lowest BCUT2D eigenvalue weighted by molar-refractivity contribution is -0.137. The molecule has 0 saturated heterocycles. The fourth-order valence-electron chi connectivity index (χ4n) is 2.76. The molecule has 6 nitrogen and oxygen atoms in total. The van der Waals surface area contributed by atoms with Crippen molar-refractivity contribution in [3.63, 3.8) is 0 Å². The fourth-order valence-corrected chi connectivity index (χ4v) is 3.33. The summed E-state index contributed by atoms with van der Waals surface area (Å²) in [7, 11) is -3.91. The summed E-state index contributed by atoms with van der Waals surface area (Å²) in [4.78, 5) is 12.2. The van der Waals surface area contributed by atoms with Crippen molar-refractivity contribution >= 4 is 27.7 Å². The third kappa shape index (κ3) is 7.45. The number of sulfonamides is 1. The van der Waals surface area contributed by atoms with E-state index in [4.69, 9.17) is 4.74 Å². The van der Waals surface area contributed by atoms with Gasteiger partial charge < -0.3 is 10.1 Å². The van der Waals surface area contributed by atoms with Crippen molar-refractivity contribution in [2.45, 2.75) is 26.1 Å². The second-order valence-corrected chi connectivity index (χ2v) is 8.73. The van der Waals surface area contributed by atoms with Crippen molar-refractivity contribution in [1.82, 2.24) is 5.32 Å². The lowest BCUT2D eigenvalue weighted by Gasteiger charge is -2.15. The molecule has 0 saturated carbocycles. The molecule has 2 aromatic carbocycles. The van der Waals surface area contributed by atoms with Crippen molar-refractivity contribution in [2.75, 3.05) is 17.6 Å². The Morgan fingerprint density at radius 1 is 1.15 bits per heavy atom. The van der Waals surface area contributed by atoms with Gasteiger partial charge in [0.2, 0.25) is 15.9 Å². The van der Waals surface area contributed by atoms with Gasteiger partial charge in [0.15, 0.2) is 11.6 Å². The van der Waals surface area contributed by atoms with Crippen molar-refractivity contribution in [2.24, 2.45) is 0 Å². The van der Waals surface area contributed by atoms with Gasteiger partial charge in [-0.05, 0) is 49.8 Å². The summed E-state index contributed by atoms with van der Waals surface area (Å²) in [6, 6.07) is 3.68. The van der Waals surface area contributed by atoms with Gasteiger partial charge in [-0.15, -0.1) is 0 Å². The maximum absolute atomic E-state index is 14.2. The lowest BCUT2D eigenvalue weighted by atomic mass is 10.1. The van der Waals surface area contributed by atoms with Crippen molar-refractivity contribution in [3.8, 4) is 5.75 Å². The first-order chi connectivity index (χ1) is 15.2. The second-order valence-electron chi connectivity index (χ2n) is 6.98. The van der Waals surface area contributed by atoms with Gasteiger partial charge in [-0.25, -0.2) is 17.2 Å². The number of carbonyl (C=O) groups is 1. The molecule has 12 heteroatoms. The number of halogens is 5. The van der Waals surface area contributed by atoms with Gasteiger partial charge >= 0.3 is 6.18 Å². The molecule has 0 bridgehead atoms. The number of carbonyl (C=O) groups excluding carboxylic acids is 1. The van der Waals surface area contributed by atoms with E-state index in [9.17, 15) is 35.2 Å². The number of ether oxygens (including phenoxy) is 1. The van der Waals surface area contributed by atoms with E-state index < -0.39 is 51.0 Å². The third-order valence-electron chi connectivity index (χ3n) is 4.27. The summed E-state index contributed by atoms with van der Waals surface area (Å²) in [6.07, 6.45) is -1.54. The van der Waals surface area contributed by atoms with Crippen LogP contribution in [0, 0.1) is 11.6 Å². The van der Waals surface area contributed by atoms with Gasteiger partial charge in [0.1, 0.15) is 11.4 Å². The van der Waals surface area contributed by atoms with Crippen LogP contribution in [-0.4, -0.2) is 27.2 Å². The number of hydrogen-bond acceptors (Lipinski definition) is 4. The normalized spacial score (nSPS) is 13.1. The van der Waals surface area contributed by atoms with Gasteiger partial charge in [-0.3, -0.25) is 9.52 Å². The Labute approximate surface area is 187 Å². The number of anilines is 1. The Morgan fingerprint density at radius 2 is 1.76 bits per heavy atom. The Hall–Kier alpha value is -3.15. The molecule has 0 aromatic heterocycles. The molecule has 0 aliphatic carbocycles. The highest BCUT2D eigenvalue weighted by atomic mass is 32.2. The zero-order chi connectivity index (χ0) is 25.0. The summed E-state index contributed by atoms with van der Waals surface area (Å²) in [5.41, 5.74) is -1.50. The topological polar surface area (TPSA) is 84.5 Å². The molecule has 0 fully saturated rings. The van der Waals surface area contributed by atoms with Gasteiger partial charge in [0.25, 0.3) is 0 Å². The van der Waals surface area contributed by atoms with Crippen LogP contribution in [0.4, 0.5) is 27.6 Å². The molecule has 0 heterocycles. The van der Waals surface area contributed by atoms with Crippen molar-refractivity contribution < 1.29 is 39.9 Å². The molecule has 180 valence electrons. The number of amides is 1. The van der Waals surface area contributed by atoms with Crippen LogP contribution in [0.3, 0.4) is 0 Å². The summed E-state index contributed by atoms with van der Waals surface area (Å²) in [6.45, 7) is 3.14. The van der Waals surface area contributed by atoms with E-state index in [1.165, 1.54) is 13.0 Å². The first-order valence-corrected chi connectivity index (χ1v) is 11.4. The van der Waals surface area contributed by atoms with Crippen molar-refractivity contribution in [3.05, 3.63) is 64.7 Å². The van der Waals surface area contributed by atoms with Crippen LogP contribution in [0.25, 0.3) is 6.08 Å². The molecule has 2 aromatic rings. The number of nitrogens with one attached hydrogen (secondary N) is 2. The quantitative estimate of drug-likeness (QED) is 0.415. The van der Waals surface area contributed by atoms with Gasteiger partial charge in [0, 0.05) is 11.6 Å². The largest absolute Gasteiger partial charge is 0.493 e. The molecule has 0 unspecified atom stereocenters. The van der Waals surface area contributed by atoms with E-state index in [0.29, 0.717) is 0 Å². The van der Waals surface area contributed by atoms with Crippen molar-refractivity contribution in [1.29, 1.82) is 0 Å². The highest BCUT2D eigenvalue weighted by molar-refractivity contribution is 7.92. The van der Waals surface area contributed by atoms with E-state index in [1.54, 1.807) is 11.6 Å². The minimum absolute atomic E-state index is 0.0235. The SMILES string of the molecule is CCOc1cc(C(F)(F)F)ccc1/C=C\C(=O)N[C@H](C)c1cc(F)c(NS(C)(=O)=O)c(F)c1. The van der Waals surface area contributed by atoms with Gasteiger partial charge in [-0.2, -0.15) is 13.2 Å². The van der Waals surface area contributed by atoms with Crippen LogP contribution in [0.5, 0.6) is 5.75 Å². The molecule has 0 aliphatic rings. The molecule has 0 radical (unpaired) electrons. The van der Waals surface area contributed by atoms with E-state index >= 15 is 0 Å². The summed E-state index contributed by atoms with van der Waals surface area (Å²) in [5.74, 6) is -3.09. The first-order valence-electron chi connectivity index (χ1n) is 9.50. The predicted octanol–water partition coefficient (Wildman–Crippen LogP) is 4.64. The second kappa shape index (κ2) is 10.2. The highest BCUT2D eigenvalue weighted by Gasteiger charge is 2.31. The summed E-state index contributed by atoms with van der Waals surface area (Å²) < 4.78 is 96.4. The number of hydrogen-bond donors (Lipinski definition) is 2. The maximum atomic E-state index is 14.2. The van der Waals surface area contributed by atoms with Crippen LogP contribution in [0.15, 0.2) is 36.4 Å². The average Bonchev–Trinajstić information content (AvgIpc) is 2.68. The van der Waals surface area contributed by atoms with E-state index in [-0.39, 0.29) is 23.5 Å². The summed E-state index contributed by atoms with van der Waals surface area (Å²) >= 11 is 0. The van der Waals surface area contributed by atoms with Crippen LogP contribution in [-0.2, 0) is 21.0 Å². The van der Waals surface area contributed by atoms with Crippen LogP contribution < -0.4 is 14.8 Å². The lowest BCUT2D eigenvalue weighted by Crippen LogP contribution is -2.25. The molecule has 33 heavy (non-hydrogen) atoms. The van der Waals surface area contributed by atoms with E-state index in [0.717, 1.165) is 42.7 Å². The first kappa shape index (κ1) is 26.1. The number of benzene rings is 2. The molecule has 1 atom stereocenters. The zero-order valence-corrected chi connectivity index (χ0v) is 18.6. The van der Waals surface area contributed by atoms with E-state index in [2.05, 4.69) is 5.32 Å². The number of alkyl halides is 3. The van der Waals surface area contributed by atoms with E-state index in [1.807, 2.05) is 0 Å². The van der Waals surface area contributed by atoms with Gasteiger partial charge in [-0.1, -0.05) is 6.07 Å². The van der Waals surface area contributed by atoms with Crippen LogP contribution in [0.1, 0.15) is 36.6 Å². The molecule has 2 rings (SSSR count). The molecule has 2 N–H and O–H groups in total. The maximum Gasteiger partial charge on any atom is 0.416 e. The fraction of sp³-hybridized carbons (Fsp3) is 0.286. The minimum Gasteiger partial charge on any atom is -0.493 e. The molecular formula is C21H21F5N2O4S. The van der Waals surface area contributed by atoms with Gasteiger partial charge in [0.05, 0.1) is 24.5 Å². The Balaban J connectivity index is 2.18. The Bertz CT molecular complexity index is 1140. The Kier molecular flexibility index (Phi) is 8.06. The Morgan fingerprint density at radius 3 is 2.27 bits per heavy atom. The average molecular weight is 492 g/mol. The van der Waals surface area contributed by atoms with Crippen LogP contribution >= 0.6 is 0 Å². The zero-order valence-electron chi connectivity index (χ0n) is 17.8. The standard InChI is InChI=1S/C21H21F5N2O4S/c1-4-32-18-11-15(21(24,25)26)7-5-13(18)6-8-19(29)27-12(2)14-9-16(22)20(17(23)10-14)28-33(3,30)31/h5-12,28H,4H2,1-3H3,(H,27,29)/b8-6-/t12-/m1/s1.